The van der Waals surface area contributed by atoms with Crippen molar-refractivity contribution in [1.29, 1.82) is 0 Å². The molecule has 0 amide bonds. The lowest BCUT2D eigenvalue weighted by atomic mass is 10.0. The number of ether oxygens (including phenoxy) is 1. The summed E-state index contributed by atoms with van der Waals surface area (Å²) in [5, 5.41) is 2.38. The minimum Gasteiger partial charge on any atom is -0.493 e. The number of benzene rings is 2. The Morgan fingerprint density at radius 1 is 0.792 bits per heavy atom. The fraction of sp³-hybridized carbons (Fsp3) is 0.455. The Kier molecular flexibility index (Phi) is 5.13. The first-order chi connectivity index (χ1) is 11.6. The zero-order chi connectivity index (χ0) is 17.1. The van der Waals surface area contributed by atoms with Gasteiger partial charge in [-0.15, -0.1) is 0 Å². The van der Waals surface area contributed by atoms with Crippen LogP contribution in [0.5, 0.6) is 5.75 Å². The van der Waals surface area contributed by atoms with Crippen molar-refractivity contribution < 1.29 is 9.15 Å². The molecule has 0 saturated carbocycles. The highest BCUT2D eigenvalue weighted by molar-refractivity contribution is 6.07. The van der Waals surface area contributed by atoms with Crippen molar-refractivity contribution in [2.75, 3.05) is 6.61 Å². The highest BCUT2D eigenvalue weighted by Crippen LogP contribution is 2.36. The Balaban J connectivity index is 1.83. The van der Waals surface area contributed by atoms with Crippen LogP contribution in [0.4, 0.5) is 0 Å². The van der Waals surface area contributed by atoms with Crippen LogP contribution in [0, 0.1) is 20.8 Å². The second-order valence-corrected chi connectivity index (χ2v) is 6.81. The van der Waals surface area contributed by atoms with Gasteiger partial charge in [-0.3, -0.25) is 0 Å². The molecule has 24 heavy (non-hydrogen) atoms. The van der Waals surface area contributed by atoms with Gasteiger partial charge in [0.05, 0.1) is 6.61 Å². The van der Waals surface area contributed by atoms with E-state index in [0.29, 0.717) is 0 Å². The molecule has 0 fully saturated rings. The topological polar surface area (TPSA) is 22.4 Å². The van der Waals surface area contributed by atoms with Crippen molar-refractivity contribution in [3.05, 3.63) is 41.0 Å². The third-order valence-corrected chi connectivity index (χ3v) is 5.03. The Hall–Kier alpha value is -1.96. The summed E-state index contributed by atoms with van der Waals surface area (Å²) in [6.45, 7) is 9.38. The Morgan fingerprint density at radius 3 is 2.21 bits per heavy atom. The molecule has 0 aliphatic carbocycles. The number of hydrogen-bond acceptors (Lipinski definition) is 2. The number of fused-ring (bicyclic) bond motifs is 3. The van der Waals surface area contributed by atoms with Gasteiger partial charge < -0.3 is 9.15 Å². The highest BCUT2D eigenvalue weighted by atomic mass is 16.5. The molecule has 0 N–H and O–H groups in total. The van der Waals surface area contributed by atoms with E-state index < -0.39 is 0 Å². The zero-order valence-electron chi connectivity index (χ0n) is 15.4. The van der Waals surface area contributed by atoms with Gasteiger partial charge in [-0.05, 0) is 50.5 Å². The van der Waals surface area contributed by atoms with E-state index in [1.165, 1.54) is 47.6 Å². The maximum Gasteiger partial charge on any atom is 0.142 e. The van der Waals surface area contributed by atoms with Crippen molar-refractivity contribution in [2.45, 2.75) is 59.8 Å². The molecule has 1 aromatic heterocycles. The van der Waals surface area contributed by atoms with E-state index in [-0.39, 0.29) is 0 Å². The summed E-state index contributed by atoms with van der Waals surface area (Å²) >= 11 is 0. The van der Waals surface area contributed by atoms with Crippen LogP contribution in [0.1, 0.15) is 55.7 Å². The van der Waals surface area contributed by atoms with Crippen molar-refractivity contribution in [1.82, 2.24) is 0 Å². The predicted octanol–water partition coefficient (Wildman–Crippen LogP) is 6.86. The van der Waals surface area contributed by atoms with Crippen LogP contribution in [-0.2, 0) is 0 Å². The molecular weight excluding hydrogens is 296 g/mol. The Bertz CT molecular complexity index is 842. The van der Waals surface area contributed by atoms with E-state index in [1.807, 2.05) is 0 Å². The summed E-state index contributed by atoms with van der Waals surface area (Å²) in [6.07, 6.45) is 6.28. The first-order valence-electron chi connectivity index (χ1n) is 9.18. The molecule has 0 aliphatic heterocycles. The average Bonchev–Trinajstić information content (AvgIpc) is 2.96. The maximum atomic E-state index is 6.21. The van der Waals surface area contributed by atoms with Crippen LogP contribution in [-0.4, -0.2) is 6.61 Å². The summed E-state index contributed by atoms with van der Waals surface area (Å²) in [5.41, 5.74) is 5.56. The summed E-state index contributed by atoms with van der Waals surface area (Å²) in [7, 11) is 0. The zero-order valence-corrected chi connectivity index (χ0v) is 15.4. The second kappa shape index (κ2) is 7.29. The monoisotopic (exact) mass is 324 g/mol. The van der Waals surface area contributed by atoms with Gasteiger partial charge in [-0.1, -0.05) is 44.7 Å². The molecule has 0 saturated heterocycles. The fourth-order valence-corrected chi connectivity index (χ4v) is 3.30. The lowest BCUT2D eigenvalue weighted by Gasteiger charge is -2.09. The van der Waals surface area contributed by atoms with Crippen LogP contribution in [0.25, 0.3) is 21.9 Å². The minimum absolute atomic E-state index is 0.786. The molecule has 2 heteroatoms. The fourth-order valence-electron chi connectivity index (χ4n) is 3.30. The van der Waals surface area contributed by atoms with E-state index in [2.05, 4.69) is 52.0 Å². The molecule has 128 valence electrons. The molecule has 2 nitrogen and oxygen atoms in total. The third kappa shape index (κ3) is 3.15. The van der Waals surface area contributed by atoms with Crippen molar-refractivity contribution >= 4 is 21.9 Å². The number of aryl methyl sites for hydroxylation is 3. The number of unbranched alkanes of at least 4 members (excludes halogenated alkanes) is 4. The molecule has 0 atom stereocenters. The SMILES string of the molecule is CCCCCCCOc1ccc2c(oc3c(C)c(C)ccc32)c1C. The van der Waals surface area contributed by atoms with Crippen LogP contribution in [0.2, 0.25) is 0 Å². The number of hydrogen-bond donors (Lipinski definition) is 0. The molecule has 0 aliphatic rings. The lowest BCUT2D eigenvalue weighted by molar-refractivity contribution is 0.302. The second-order valence-electron chi connectivity index (χ2n) is 6.81. The summed E-state index contributed by atoms with van der Waals surface area (Å²) < 4.78 is 12.2. The van der Waals surface area contributed by atoms with E-state index in [4.69, 9.17) is 9.15 Å². The molecule has 1 heterocycles. The largest absolute Gasteiger partial charge is 0.493 e. The molecule has 3 rings (SSSR count). The van der Waals surface area contributed by atoms with E-state index in [0.717, 1.165) is 35.5 Å². The summed E-state index contributed by atoms with van der Waals surface area (Å²) in [4.78, 5) is 0. The van der Waals surface area contributed by atoms with Crippen molar-refractivity contribution in [3.8, 4) is 5.75 Å². The predicted molar refractivity (Wildman–Crippen MR) is 102 cm³/mol. The molecule has 2 aromatic carbocycles. The van der Waals surface area contributed by atoms with E-state index in [9.17, 15) is 0 Å². The molecule has 0 radical (unpaired) electrons. The summed E-state index contributed by atoms with van der Waals surface area (Å²) in [5.74, 6) is 0.950. The van der Waals surface area contributed by atoms with Gasteiger partial charge in [-0.25, -0.2) is 0 Å². The summed E-state index contributed by atoms with van der Waals surface area (Å²) in [6, 6.07) is 8.56. The van der Waals surface area contributed by atoms with Gasteiger partial charge in [-0.2, -0.15) is 0 Å². The quantitative estimate of drug-likeness (QED) is 0.443. The first kappa shape index (κ1) is 16.9. The lowest BCUT2D eigenvalue weighted by Crippen LogP contribution is -1.98. The molecule has 3 aromatic rings. The standard InChI is InChI=1S/C22H28O2/c1-5-6-7-8-9-14-23-20-13-12-19-18-11-10-15(2)16(3)21(18)24-22(19)17(20)4/h10-13H,5-9,14H2,1-4H3. The van der Waals surface area contributed by atoms with Crippen LogP contribution >= 0.6 is 0 Å². The number of furan rings is 1. The van der Waals surface area contributed by atoms with Gasteiger partial charge in [0.1, 0.15) is 16.9 Å². The average molecular weight is 324 g/mol. The Morgan fingerprint density at radius 2 is 1.46 bits per heavy atom. The first-order valence-corrected chi connectivity index (χ1v) is 9.18. The van der Waals surface area contributed by atoms with E-state index >= 15 is 0 Å². The smallest absolute Gasteiger partial charge is 0.142 e. The van der Waals surface area contributed by atoms with Gasteiger partial charge in [0.2, 0.25) is 0 Å². The molecule has 0 bridgehead atoms. The highest BCUT2D eigenvalue weighted by Gasteiger charge is 2.14. The van der Waals surface area contributed by atoms with Gasteiger partial charge in [0.15, 0.2) is 0 Å². The van der Waals surface area contributed by atoms with Crippen molar-refractivity contribution in [2.24, 2.45) is 0 Å². The van der Waals surface area contributed by atoms with Crippen molar-refractivity contribution in [3.63, 3.8) is 0 Å². The van der Waals surface area contributed by atoms with Gasteiger partial charge >= 0.3 is 0 Å². The maximum absolute atomic E-state index is 6.21. The van der Waals surface area contributed by atoms with Crippen LogP contribution in [0.15, 0.2) is 28.7 Å². The van der Waals surface area contributed by atoms with Crippen LogP contribution < -0.4 is 4.74 Å². The van der Waals surface area contributed by atoms with E-state index in [1.54, 1.807) is 0 Å². The molecule has 0 unspecified atom stereocenters. The molecule has 0 spiro atoms. The number of rotatable bonds is 7. The molecular formula is C22H28O2. The minimum atomic E-state index is 0.786. The third-order valence-electron chi connectivity index (χ3n) is 5.03. The van der Waals surface area contributed by atoms with Crippen LogP contribution in [0.3, 0.4) is 0 Å². The normalized spacial score (nSPS) is 11.5. The van der Waals surface area contributed by atoms with Gasteiger partial charge in [0.25, 0.3) is 0 Å². The van der Waals surface area contributed by atoms with Gasteiger partial charge in [0, 0.05) is 16.3 Å². The Labute approximate surface area is 144 Å².